The van der Waals surface area contributed by atoms with Gasteiger partial charge in [0.15, 0.2) is 5.82 Å². The van der Waals surface area contributed by atoms with E-state index in [0.29, 0.717) is 42.0 Å². The maximum Gasteiger partial charge on any atom is 0.349 e. The summed E-state index contributed by atoms with van der Waals surface area (Å²) in [6.07, 6.45) is 5.32. The van der Waals surface area contributed by atoms with Gasteiger partial charge in [0.2, 0.25) is 0 Å². The summed E-state index contributed by atoms with van der Waals surface area (Å²) in [5.41, 5.74) is 2.47. The van der Waals surface area contributed by atoms with Crippen LogP contribution in [0.15, 0.2) is 78.0 Å². The lowest BCUT2D eigenvalue weighted by Crippen LogP contribution is -2.26. The Hall–Kier alpha value is -4.57. The van der Waals surface area contributed by atoms with E-state index in [1.807, 2.05) is 70.4 Å². The summed E-state index contributed by atoms with van der Waals surface area (Å²) in [5, 5.41) is 8.72. The van der Waals surface area contributed by atoms with Gasteiger partial charge in [0.1, 0.15) is 17.3 Å². The Kier molecular flexibility index (Phi) is 6.89. The van der Waals surface area contributed by atoms with Crippen molar-refractivity contribution in [2.24, 2.45) is 7.05 Å². The molecule has 0 atom stereocenters. The van der Waals surface area contributed by atoms with Gasteiger partial charge in [-0.25, -0.2) is 9.78 Å². The van der Waals surface area contributed by atoms with Gasteiger partial charge in [-0.2, -0.15) is 9.78 Å². The second kappa shape index (κ2) is 10.4. The van der Waals surface area contributed by atoms with Gasteiger partial charge in [0.25, 0.3) is 0 Å². The molecule has 0 saturated heterocycles. The molecule has 0 aliphatic rings. The van der Waals surface area contributed by atoms with E-state index in [0.717, 1.165) is 16.8 Å². The van der Waals surface area contributed by atoms with E-state index < -0.39 is 5.41 Å². The normalized spacial score (nSPS) is 11.6. The molecular weight excluding hydrogens is 482 g/mol. The highest BCUT2D eigenvalue weighted by molar-refractivity contribution is 5.59. The Bertz CT molecular complexity index is 1600. The van der Waals surface area contributed by atoms with Gasteiger partial charge in [-0.15, -0.1) is 5.10 Å². The summed E-state index contributed by atoms with van der Waals surface area (Å²) in [6, 6.07) is 17.1. The maximum absolute atomic E-state index is 12.8. The monoisotopic (exact) mass is 511 g/mol. The fourth-order valence-electron chi connectivity index (χ4n) is 3.92. The van der Waals surface area contributed by atoms with Crippen LogP contribution in [0.4, 0.5) is 0 Å². The quantitative estimate of drug-likeness (QED) is 0.313. The SMILES string of the molecule is Cc1nc(-n2nc(C(C)(C)COCc3ccccc3)[nH]c2=O)ccc1Oc1ccnc(-c2cnn(C)c2)c1. The highest BCUT2D eigenvalue weighted by Crippen LogP contribution is 2.28. The van der Waals surface area contributed by atoms with Gasteiger partial charge < -0.3 is 9.47 Å². The number of aromatic nitrogens is 7. The summed E-state index contributed by atoms with van der Waals surface area (Å²) in [6.45, 7) is 6.65. The van der Waals surface area contributed by atoms with Crippen molar-refractivity contribution in [3.8, 4) is 28.6 Å². The summed E-state index contributed by atoms with van der Waals surface area (Å²) >= 11 is 0. The molecule has 0 aliphatic heterocycles. The third-order valence-electron chi connectivity index (χ3n) is 6.03. The van der Waals surface area contributed by atoms with Crippen molar-refractivity contribution in [1.82, 2.24) is 34.5 Å². The largest absolute Gasteiger partial charge is 0.455 e. The number of pyridine rings is 2. The minimum atomic E-state index is -0.509. The number of aryl methyl sites for hydroxylation is 2. The van der Waals surface area contributed by atoms with Crippen LogP contribution in [0.25, 0.3) is 17.1 Å². The Balaban J connectivity index is 1.30. The maximum atomic E-state index is 12.8. The van der Waals surface area contributed by atoms with E-state index in [9.17, 15) is 4.79 Å². The molecule has 1 aromatic carbocycles. The molecule has 0 fully saturated rings. The van der Waals surface area contributed by atoms with E-state index in [1.165, 1.54) is 4.68 Å². The van der Waals surface area contributed by atoms with Crippen LogP contribution in [-0.4, -0.2) is 41.1 Å². The number of nitrogens with zero attached hydrogens (tertiary/aromatic N) is 6. The number of aromatic amines is 1. The van der Waals surface area contributed by atoms with E-state index in [4.69, 9.17) is 9.47 Å². The zero-order chi connectivity index (χ0) is 26.7. The Morgan fingerprint density at radius 3 is 2.63 bits per heavy atom. The highest BCUT2D eigenvalue weighted by atomic mass is 16.5. The first-order valence-electron chi connectivity index (χ1n) is 12.2. The number of hydrogen-bond acceptors (Lipinski definition) is 7. The molecule has 10 heteroatoms. The fourth-order valence-corrected chi connectivity index (χ4v) is 3.92. The summed E-state index contributed by atoms with van der Waals surface area (Å²) in [4.78, 5) is 24.6. The second-order valence-electron chi connectivity index (χ2n) is 9.69. The van der Waals surface area contributed by atoms with E-state index in [1.54, 1.807) is 35.3 Å². The lowest BCUT2D eigenvalue weighted by molar-refractivity contribution is 0.0796. The number of rotatable bonds is 9. The van der Waals surface area contributed by atoms with Crippen molar-refractivity contribution in [2.45, 2.75) is 32.8 Å². The van der Waals surface area contributed by atoms with E-state index in [2.05, 4.69) is 25.1 Å². The standard InChI is InChI=1S/C28H29N7O3/c1-19-24(38-22-12-13-29-23(14-22)21-15-30-34(4)16-21)10-11-25(31-19)35-27(36)32-26(33-35)28(2,3)18-37-17-20-8-6-5-7-9-20/h5-16H,17-18H2,1-4H3,(H,32,33,36). The fraction of sp³-hybridized carbons (Fsp3) is 0.250. The number of ether oxygens (including phenoxy) is 2. The predicted octanol–water partition coefficient (Wildman–Crippen LogP) is 4.35. The summed E-state index contributed by atoms with van der Waals surface area (Å²) < 4.78 is 15.0. The Morgan fingerprint density at radius 2 is 1.89 bits per heavy atom. The Morgan fingerprint density at radius 1 is 1.08 bits per heavy atom. The zero-order valence-electron chi connectivity index (χ0n) is 21.8. The van der Waals surface area contributed by atoms with Gasteiger partial charge >= 0.3 is 5.69 Å². The lowest BCUT2D eigenvalue weighted by atomic mass is 9.94. The smallest absolute Gasteiger partial charge is 0.349 e. The van der Waals surface area contributed by atoms with Crippen LogP contribution in [0, 0.1) is 6.92 Å². The first kappa shape index (κ1) is 25.1. The molecule has 5 rings (SSSR count). The van der Waals surface area contributed by atoms with Gasteiger partial charge in [0.05, 0.1) is 30.8 Å². The van der Waals surface area contributed by atoms with Gasteiger partial charge in [-0.1, -0.05) is 44.2 Å². The van der Waals surface area contributed by atoms with Crippen LogP contribution in [0.2, 0.25) is 0 Å². The van der Waals surface area contributed by atoms with Crippen molar-refractivity contribution < 1.29 is 9.47 Å². The first-order valence-corrected chi connectivity index (χ1v) is 12.2. The van der Waals surface area contributed by atoms with Crippen molar-refractivity contribution in [3.63, 3.8) is 0 Å². The Labute approximate surface area is 219 Å². The van der Waals surface area contributed by atoms with Crippen molar-refractivity contribution in [3.05, 3.63) is 101 Å². The molecule has 10 nitrogen and oxygen atoms in total. The molecule has 0 radical (unpaired) electrons. The average molecular weight is 512 g/mol. The minimum Gasteiger partial charge on any atom is -0.455 e. The molecule has 38 heavy (non-hydrogen) atoms. The first-order chi connectivity index (χ1) is 18.3. The van der Waals surface area contributed by atoms with Crippen LogP contribution in [0.1, 0.15) is 30.9 Å². The summed E-state index contributed by atoms with van der Waals surface area (Å²) in [5.74, 6) is 2.10. The molecule has 0 spiro atoms. The third kappa shape index (κ3) is 5.55. The zero-order valence-corrected chi connectivity index (χ0v) is 21.8. The van der Waals surface area contributed by atoms with Crippen LogP contribution in [0.3, 0.4) is 0 Å². The molecule has 0 aliphatic carbocycles. The van der Waals surface area contributed by atoms with Gasteiger partial charge in [-0.05, 0) is 30.7 Å². The van der Waals surface area contributed by atoms with Crippen molar-refractivity contribution in [1.29, 1.82) is 0 Å². The highest BCUT2D eigenvalue weighted by Gasteiger charge is 2.27. The van der Waals surface area contributed by atoms with Crippen LogP contribution in [0.5, 0.6) is 11.5 Å². The number of nitrogens with one attached hydrogen (secondary N) is 1. The minimum absolute atomic E-state index is 0.369. The average Bonchev–Trinajstić information content (AvgIpc) is 3.52. The summed E-state index contributed by atoms with van der Waals surface area (Å²) in [7, 11) is 1.86. The molecular formula is C28H29N7O3. The molecule has 4 aromatic heterocycles. The van der Waals surface area contributed by atoms with Crippen LogP contribution < -0.4 is 10.4 Å². The molecule has 0 bridgehead atoms. The van der Waals surface area contributed by atoms with E-state index in [-0.39, 0.29) is 5.69 Å². The number of H-pyrrole nitrogens is 1. The molecule has 194 valence electrons. The molecule has 1 N–H and O–H groups in total. The molecule has 5 aromatic rings. The van der Waals surface area contributed by atoms with Crippen LogP contribution in [-0.2, 0) is 23.8 Å². The predicted molar refractivity (Wildman–Crippen MR) is 142 cm³/mol. The van der Waals surface area contributed by atoms with E-state index >= 15 is 0 Å². The topological polar surface area (TPSA) is 113 Å². The van der Waals surface area contributed by atoms with Crippen molar-refractivity contribution >= 4 is 0 Å². The molecule has 0 saturated carbocycles. The van der Waals surface area contributed by atoms with Crippen molar-refractivity contribution in [2.75, 3.05) is 6.61 Å². The molecule has 4 heterocycles. The lowest BCUT2D eigenvalue weighted by Gasteiger charge is -2.21. The van der Waals surface area contributed by atoms with Crippen LogP contribution >= 0.6 is 0 Å². The molecule has 0 amide bonds. The third-order valence-corrected chi connectivity index (χ3v) is 6.03. The van der Waals surface area contributed by atoms with Gasteiger partial charge in [0, 0.05) is 36.5 Å². The molecule has 0 unspecified atom stereocenters. The number of benzene rings is 1. The van der Waals surface area contributed by atoms with Gasteiger partial charge in [-0.3, -0.25) is 14.6 Å². The number of hydrogen-bond donors (Lipinski definition) is 1. The second-order valence-corrected chi connectivity index (χ2v) is 9.69.